The molecule has 2 aliphatic heterocycles. The second-order valence-corrected chi connectivity index (χ2v) is 3.57. The number of nitrogens with zero attached hydrogens (tertiary/aromatic N) is 1. The van der Waals surface area contributed by atoms with E-state index in [1.807, 2.05) is 4.90 Å². The summed E-state index contributed by atoms with van der Waals surface area (Å²) in [5.41, 5.74) is -0.403. The number of carbonyl (C=O) groups excluding carboxylic acids is 1. The van der Waals surface area contributed by atoms with E-state index in [0.717, 1.165) is 25.7 Å². The van der Waals surface area contributed by atoms with Crippen LogP contribution in [0.5, 0.6) is 0 Å². The van der Waals surface area contributed by atoms with Gasteiger partial charge in [0.15, 0.2) is 0 Å². The van der Waals surface area contributed by atoms with Gasteiger partial charge in [0.1, 0.15) is 12.5 Å². The van der Waals surface area contributed by atoms with E-state index in [1.54, 1.807) is 0 Å². The second kappa shape index (κ2) is 2.27. The van der Waals surface area contributed by atoms with Gasteiger partial charge in [0.2, 0.25) is 0 Å². The summed E-state index contributed by atoms with van der Waals surface area (Å²) in [6.45, 7) is 1.37. The first-order valence-corrected chi connectivity index (χ1v) is 4.12. The van der Waals surface area contributed by atoms with Gasteiger partial charge in [-0.3, -0.25) is 4.90 Å². The van der Waals surface area contributed by atoms with Gasteiger partial charge in [-0.05, 0) is 19.4 Å². The van der Waals surface area contributed by atoms with Crippen LogP contribution in [0.4, 0.5) is 4.39 Å². The minimum atomic E-state index is -0.777. The molecule has 0 aliphatic carbocycles. The van der Waals surface area contributed by atoms with Crippen molar-refractivity contribution < 1.29 is 9.18 Å². The molecule has 0 aromatic carbocycles. The van der Waals surface area contributed by atoms with Crippen LogP contribution in [0.25, 0.3) is 0 Å². The van der Waals surface area contributed by atoms with Crippen LogP contribution in [0.1, 0.15) is 19.3 Å². The summed E-state index contributed by atoms with van der Waals surface area (Å²) >= 11 is 0. The van der Waals surface area contributed by atoms with Crippen molar-refractivity contribution in [2.75, 3.05) is 13.1 Å². The van der Waals surface area contributed by atoms with Crippen molar-refractivity contribution >= 4 is 6.29 Å². The van der Waals surface area contributed by atoms with Gasteiger partial charge in [0, 0.05) is 13.0 Å². The Morgan fingerprint density at radius 1 is 1.64 bits per heavy atom. The molecule has 0 aromatic rings. The van der Waals surface area contributed by atoms with E-state index >= 15 is 0 Å². The topological polar surface area (TPSA) is 20.3 Å². The Hall–Kier alpha value is -0.440. The quantitative estimate of drug-likeness (QED) is 0.524. The van der Waals surface area contributed by atoms with E-state index in [9.17, 15) is 9.18 Å². The Bertz CT molecular complexity index is 185. The number of hydrogen-bond acceptors (Lipinski definition) is 2. The molecule has 0 amide bonds. The Kier molecular flexibility index (Phi) is 1.49. The number of rotatable bonds is 1. The number of hydrogen-bond donors (Lipinski definition) is 0. The Morgan fingerprint density at radius 2 is 2.45 bits per heavy atom. The lowest BCUT2D eigenvalue weighted by Crippen LogP contribution is -2.39. The maximum Gasteiger partial charge on any atom is 0.140 e. The Labute approximate surface area is 65.4 Å². The zero-order valence-corrected chi connectivity index (χ0v) is 6.42. The van der Waals surface area contributed by atoms with E-state index in [4.69, 9.17) is 0 Å². The molecule has 0 aromatic heterocycles. The summed E-state index contributed by atoms with van der Waals surface area (Å²) in [6.07, 6.45) is 2.50. The highest BCUT2D eigenvalue weighted by Crippen LogP contribution is 2.38. The molecule has 0 radical (unpaired) electrons. The molecule has 2 heterocycles. The fraction of sp³-hybridized carbons (Fsp3) is 0.875. The second-order valence-electron chi connectivity index (χ2n) is 3.57. The zero-order valence-electron chi connectivity index (χ0n) is 6.42. The molecule has 0 bridgehead atoms. The fourth-order valence-electron chi connectivity index (χ4n) is 2.33. The van der Waals surface area contributed by atoms with Crippen LogP contribution < -0.4 is 0 Å². The first kappa shape index (κ1) is 7.22. The van der Waals surface area contributed by atoms with Crippen molar-refractivity contribution in [1.82, 2.24) is 4.90 Å². The van der Waals surface area contributed by atoms with Gasteiger partial charge in [-0.25, -0.2) is 4.39 Å². The number of fused-ring (bicyclic) bond motifs is 1. The van der Waals surface area contributed by atoms with Crippen LogP contribution in [0, 0.1) is 0 Å². The molecule has 0 unspecified atom stereocenters. The third-order valence-corrected chi connectivity index (χ3v) is 2.88. The molecule has 2 aliphatic rings. The molecule has 0 saturated carbocycles. The molecular formula is C8H12FNO. The molecule has 62 valence electrons. The summed E-state index contributed by atoms with van der Waals surface area (Å²) in [5, 5.41) is 0. The Morgan fingerprint density at radius 3 is 3.09 bits per heavy atom. The minimum absolute atomic E-state index is 0.403. The maximum absolute atomic E-state index is 12.9. The van der Waals surface area contributed by atoms with Crippen LogP contribution in [-0.4, -0.2) is 36.0 Å². The molecular weight excluding hydrogens is 145 g/mol. The summed E-state index contributed by atoms with van der Waals surface area (Å²) in [7, 11) is 0. The number of aldehydes is 1. The number of carbonyl (C=O) groups is 1. The summed E-state index contributed by atoms with van der Waals surface area (Å²) in [5.74, 6) is 0. The van der Waals surface area contributed by atoms with Crippen molar-refractivity contribution in [3.05, 3.63) is 0 Å². The molecule has 2 fully saturated rings. The van der Waals surface area contributed by atoms with Crippen LogP contribution in [0.15, 0.2) is 0 Å². The van der Waals surface area contributed by atoms with Gasteiger partial charge in [-0.1, -0.05) is 0 Å². The zero-order chi connectivity index (χ0) is 7.90. The molecule has 2 nitrogen and oxygen atoms in total. The van der Waals surface area contributed by atoms with E-state index in [2.05, 4.69) is 0 Å². The third kappa shape index (κ3) is 0.906. The van der Waals surface area contributed by atoms with Crippen molar-refractivity contribution in [2.24, 2.45) is 0 Å². The Balaban J connectivity index is 2.21. The van der Waals surface area contributed by atoms with Gasteiger partial charge in [0.25, 0.3) is 0 Å². The summed E-state index contributed by atoms with van der Waals surface area (Å²) in [4.78, 5) is 12.7. The van der Waals surface area contributed by atoms with Gasteiger partial charge < -0.3 is 4.79 Å². The van der Waals surface area contributed by atoms with Crippen molar-refractivity contribution in [3.63, 3.8) is 0 Å². The normalized spacial score (nSPS) is 44.3. The van der Waals surface area contributed by atoms with E-state index < -0.39 is 11.7 Å². The molecule has 2 rings (SSSR count). The van der Waals surface area contributed by atoms with Gasteiger partial charge >= 0.3 is 0 Å². The predicted molar refractivity (Wildman–Crippen MR) is 39.1 cm³/mol. The monoisotopic (exact) mass is 157 g/mol. The SMILES string of the molecule is O=C[C@]12CCCN1C[C@H](F)C2. The van der Waals surface area contributed by atoms with Crippen molar-refractivity contribution in [1.29, 1.82) is 0 Å². The van der Waals surface area contributed by atoms with Gasteiger partial charge in [-0.15, -0.1) is 0 Å². The first-order valence-electron chi connectivity index (χ1n) is 4.12. The summed E-state index contributed by atoms with van der Waals surface area (Å²) in [6, 6.07) is 0. The smallest absolute Gasteiger partial charge is 0.140 e. The average Bonchev–Trinajstić information content (AvgIpc) is 2.43. The highest BCUT2D eigenvalue weighted by molar-refractivity contribution is 5.65. The van der Waals surface area contributed by atoms with Crippen LogP contribution in [0.2, 0.25) is 0 Å². The predicted octanol–water partition coefficient (Wildman–Crippen LogP) is 0.762. The number of alkyl halides is 1. The van der Waals surface area contributed by atoms with E-state index in [1.165, 1.54) is 0 Å². The molecule has 2 saturated heterocycles. The van der Waals surface area contributed by atoms with Crippen LogP contribution in [-0.2, 0) is 4.79 Å². The molecule has 0 N–H and O–H groups in total. The maximum atomic E-state index is 12.9. The van der Waals surface area contributed by atoms with Gasteiger partial charge in [-0.2, -0.15) is 0 Å². The van der Waals surface area contributed by atoms with E-state index in [0.29, 0.717) is 13.0 Å². The van der Waals surface area contributed by atoms with E-state index in [-0.39, 0.29) is 0 Å². The number of halogens is 1. The average molecular weight is 157 g/mol. The lowest BCUT2D eigenvalue weighted by Gasteiger charge is -2.24. The van der Waals surface area contributed by atoms with Crippen LogP contribution >= 0.6 is 0 Å². The molecule has 11 heavy (non-hydrogen) atoms. The highest BCUT2D eigenvalue weighted by atomic mass is 19.1. The largest absolute Gasteiger partial charge is 0.301 e. The highest BCUT2D eigenvalue weighted by Gasteiger charge is 2.48. The van der Waals surface area contributed by atoms with Crippen molar-refractivity contribution in [3.8, 4) is 0 Å². The fourth-order valence-corrected chi connectivity index (χ4v) is 2.33. The first-order chi connectivity index (χ1) is 5.27. The molecule has 0 spiro atoms. The molecule has 3 heteroatoms. The lowest BCUT2D eigenvalue weighted by atomic mass is 9.96. The van der Waals surface area contributed by atoms with Crippen molar-refractivity contribution in [2.45, 2.75) is 31.0 Å². The summed E-state index contributed by atoms with van der Waals surface area (Å²) < 4.78 is 12.9. The minimum Gasteiger partial charge on any atom is -0.301 e. The van der Waals surface area contributed by atoms with Gasteiger partial charge in [0.05, 0.1) is 5.54 Å². The lowest BCUT2D eigenvalue weighted by molar-refractivity contribution is -0.115. The standard InChI is InChI=1S/C8H12FNO/c9-7-4-8(6-11)2-1-3-10(8)5-7/h6-7H,1-5H2/t7-,8-/m1/s1. The molecule has 2 atom stereocenters. The van der Waals surface area contributed by atoms with Crippen LogP contribution in [0.3, 0.4) is 0 Å². The third-order valence-electron chi connectivity index (χ3n) is 2.88.